The number of allylic oxidation sites excluding steroid dienone is 1. The summed E-state index contributed by atoms with van der Waals surface area (Å²) < 4.78 is 0. The van der Waals surface area contributed by atoms with Crippen molar-refractivity contribution in [1.82, 2.24) is 5.32 Å². The van der Waals surface area contributed by atoms with Crippen LogP contribution in [0.3, 0.4) is 0 Å². The molecule has 19 heavy (non-hydrogen) atoms. The van der Waals surface area contributed by atoms with Gasteiger partial charge in [0.25, 0.3) is 11.1 Å². The molecule has 0 bridgehead atoms. The average molecular weight is 283 g/mol. The Morgan fingerprint density at radius 3 is 2.05 bits per heavy atom. The van der Waals surface area contributed by atoms with E-state index >= 15 is 0 Å². The van der Waals surface area contributed by atoms with E-state index in [0.29, 0.717) is 4.91 Å². The first-order valence-corrected chi connectivity index (χ1v) is 8.29. The summed E-state index contributed by atoms with van der Waals surface area (Å²) in [6.45, 7) is 2.24. The van der Waals surface area contributed by atoms with Gasteiger partial charge >= 0.3 is 0 Å². The van der Waals surface area contributed by atoms with Gasteiger partial charge in [-0.05, 0) is 24.6 Å². The molecule has 1 N–H and O–H groups in total. The van der Waals surface area contributed by atoms with E-state index in [1.165, 1.54) is 51.4 Å². The first-order valence-electron chi connectivity index (χ1n) is 7.47. The maximum absolute atomic E-state index is 11.3. The molecule has 4 heteroatoms. The quantitative estimate of drug-likeness (QED) is 0.464. The summed E-state index contributed by atoms with van der Waals surface area (Å²) in [5, 5.41) is 2.02. The lowest BCUT2D eigenvalue weighted by Crippen LogP contribution is -2.17. The van der Waals surface area contributed by atoms with Crippen LogP contribution in [0.4, 0.5) is 4.79 Å². The van der Waals surface area contributed by atoms with Gasteiger partial charge in [-0.1, -0.05) is 64.4 Å². The van der Waals surface area contributed by atoms with E-state index in [2.05, 4.69) is 12.2 Å². The highest BCUT2D eigenvalue weighted by Gasteiger charge is 2.24. The van der Waals surface area contributed by atoms with Gasteiger partial charge in [0.2, 0.25) is 0 Å². The van der Waals surface area contributed by atoms with Gasteiger partial charge in [0.15, 0.2) is 0 Å². The molecule has 108 valence electrons. The summed E-state index contributed by atoms with van der Waals surface area (Å²) in [4.78, 5) is 22.8. The third-order valence-corrected chi connectivity index (χ3v) is 4.14. The van der Waals surface area contributed by atoms with Crippen LogP contribution in [0.2, 0.25) is 0 Å². The minimum Gasteiger partial charge on any atom is -0.282 e. The number of imide groups is 1. The molecule has 0 aromatic rings. The van der Waals surface area contributed by atoms with Gasteiger partial charge < -0.3 is 0 Å². The molecule has 0 aromatic heterocycles. The summed E-state index contributed by atoms with van der Waals surface area (Å²) in [6, 6.07) is 0. The monoisotopic (exact) mass is 283 g/mol. The molecule has 0 radical (unpaired) electrons. The fourth-order valence-corrected chi connectivity index (χ4v) is 2.84. The molecule has 1 aliphatic rings. The fourth-order valence-electron chi connectivity index (χ4n) is 2.15. The van der Waals surface area contributed by atoms with Crippen LogP contribution in [-0.2, 0) is 4.79 Å². The van der Waals surface area contributed by atoms with Crippen molar-refractivity contribution in [3.63, 3.8) is 0 Å². The Morgan fingerprint density at radius 1 is 0.947 bits per heavy atom. The highest BCUT2D eigenvalue weighted by molar-refractivity contribution is 8.18. The van der Waals surface area contributed by atoms with E-state index in [1.807, 2.05) is 6.08 Å². The topological polar surface area (TPSA) is 46.2 Å². The molecular formula is C15H25NO2S. The Morgan fingerprint density at radius 2 is 1.53 bits per heavy atom. The van der Waals surface area contributed by atoms with Crippen molar-refractivity contribution >= 4 is 22.9 Å². The molecule has 3 nitrogen and oxygen atoms in total. The predicted octanol–water partition coefficient (Wildman–Crippen LogP) is 4.77. The molecule has 1 heterocycles. The number of thioether (sulfide) groups is 1. The zero-order valence-corrected chi connectivity index (χ0v) is 12.7. The minimum atomic E-state index is -0.247. The molecule has 1 rings (SSSR count). The highest BCUT2D eigenvalue weighted by Crippen LogP contribution is 2.23. The number of hydrogen-bond acceptors (Lipinski definition) is 3. The van der Waals surface area contributed by atoms with Crippen molar-refractivity contribution in [2.24, 2.45) is 0 Å². The smallest absolute Gasteiger partial charge is 0.282 e. The van der Waals surface area contributed by atoms with Gasteiger partial charge in [-0.3, -0.25) is 14.9 Å². The lowest BCUT2D eigenvalue weighted by molar-refractivity contribution is -0.115. The number of carbonyl (C=O) groups is 2. The van der Waals surface area contributed by atoms with E-state index in [-0.39, 0.29) is 11.1 Å². The maximum Gasteiger partial charge on any atom is 0.290 e. The largest absolute Gasteiger partial charge is 0.290 e. The molecule has 1 fully saturated rings. The number of amides is 2. The molecule has 0 aliphatic carbocycles. The van der Waals surface area contributed by atoms with Crippen molar-refractivity contribution in [3.8, 4) is 0 Å². The number of unbranched alkanes of at least 4 members (excludes halogenated alkanes) is 9. The maximum atomic E-state index is 11.3. The SMILES string of the molecule is CCCCCCCCCCC/C=C1/SC(=O)NC1=O. The van der Waals surface area contributed by atoms with Crippen molar-refractivity contribution in [2.75, 3.05) is 0 Å². The van der Waals surface area contributed by atoms with Gasteiger partial charge in [0.05, 0.1) is 4.91 Å². The van der Waals surface area contributed by atoms with E-state index in [4.69, 9.17) is 0 Å². The zero-order valence-electron chi connectivity index (χ0n) is 11.9. The van der Waals surface area contributed by atoms with Crippen LogP contribution in [0, 0.1) is 0 Å². The number of carbonyl (C=O) groups excluding carboxylic acids is 2. The van der Waals surface area contributed by atoms with Crippen LogP contribution in [0.5, 0.6) is 0 Å². The molecule has 1 saturated heterocycles. The first-order chi connectivity index (χ1) is 9.24. The Kier molecular flexibility index (Phi) is 8.63. The lowest BCUT2D eigenvalue weighted by atomic mass is 10.1. The van der Waals surface area contributed by atoms with E-state index in [0.717, 1.165) is 24.6 Å². The zero-order chi connectivity index (χ0) is 13.9. The Bertz CT molecular complexity index is 326. The van der Waals surface area contributed by atoms with Crippen LogP contribution in [0.15, 0.2) is 11.0 Å². The van der Waals surface area contributed by atoms with Crippen LogP contribution < -0.4 is 5.32 Å². The summed E-state index contributed by atoms with van der Waals surface area (Å²) in [5.41, 5.74) is 0. The van der Waals surface area contributed by atoms with Crippen LogP contribution in [0.25, 0.3) is 0 Å². The Labute approximate surface area is 120 Å². The Hall–Kier alpha value is -0.770. The summed E-state index contributed by atoms with van der Waals surface area (Å²) >= 11 is 1.01. The summed E-state index contributed by atoms with van der Waals surface area (Å²) in [7, 11) is 0. The van der Waals surface area contributed by atoms with Crippen LogP contribution in [-0.4, -0.2) is 11.1 Å². The molecule has 2 amide bonds. The molecule has 1 aliphatic heterocycles. The number of rotatable bonds is 10. The predicted molar refractivity (Wildman–Crippen MR) is 81.1 cm³/mol. The van der Waals surface area contributed by atoms with Gasteiger partial charge in [0.1, 0.15) is 0 Å². The third kappa shape index (κ3) is 7.41. The molecule has 0 unspecified atom stereocenters. The molecule has 0 aromatic carbocycles. The first kappa shape index (κ1) is 16.3. The number of nitrogens with one attached hydrogen (secondary N) is 1. The summed E-state index contributed by atoms with van der Waals surface area (Å²) in [5.74, 6) is -0.231. The minimum absolute atomic E-state index is 0.231. The standard InChI is InChI=1S/C15H25NO2S/c1-2-3-4-5-6-7-8-9-10-11-12-13-14(17)16-15(18)19-13/h12H,2-11H2,1H3,(H,16,17,18)/b13-12+. The lowest BCUT2D eigenvalue weighted by Gasteiger charge is -2.00. The van der Waals surface area contributed by atoms with Gasteiger partial charge in [0, 0.05) is 0 Å². The van der Waals surface area contributed by atoms with Crippen molar-refractivity contribution < 1.29 is 9.59 Å². The normalized spacial score (nSPS) is 17.2. The second-order valence-corrected chi connectivity index (χ2v) is 6.04. The molecule has 0 saturated carbocycles. The summed E-state index contributed by atoms with van der Waals surface area (Å²) in [6.07, 6.45) is 14.5. The van der Waals surface area contributed by atoms with Crippen LogP contribution >= 0.6 is 11.8 Å². The number of hydrogen-bond donors (Lipinski definition) is 1. The molecule has 0 atom stereocenters. The van der Waals surface area contributed by atoms with Gasteiger partial charge in [-0.15, -0.1) is 0 Å². The molecule has 0 spiro atoms. The van der Waals surface area contributed by atoms with Crippen LogP contribution in [0.1, 0.15) is 71.1 Å². The van der Waals surface area contributed by atoms with Crippen molar-refractivity contribution in [1.29, 1.82) is 0 Å². The highest BCUT2D eigenvalue weighted by atomic mass is 32.2. The second-order valence-electron chi connectivity index (χ2n) is 5.03. The molecular weight excluding hydrogens is 258 g/mol. The fraction of sp³-hybridized carbons (Fsp3) is 0.733. The Balaban J connectivity index is 1.93. The third-order valence-electron chi connectivity index (χ3n) is 3.28. The van der Waals surface area contributed by atoms with Crippen molar-refractivity contribution in [3.05, 3.63) is 11.0 Å². The van der Waals surface area contributed by atoms with E-state index < -0.39 is 0 Å². The average Bonchev–Trinajstić information content (AvgIpc) is 2.70. The van der Waals surface area contributed by atoms with Crippen molar-refractivity contribution in [2.45, 2.75) is 71.1 Å². The van der Waals surface area contributed by atoms with E-state index in [1.54, 1.807) is 0 Å². The van der Waals surface area contributed by atoms with Gasteiger partial charge in [-0.2, -0.15) is 0 Å². The van der Waals surface area contributed by atoms with Gasteiger partial charge in [-0.25, -0.2) is 0 Å². The van der Waals surface area contributed by atoms with E-state index in [9.17, 15) is 9.59 Å². The second kappa shape index (κ2) is 10.1.